The van der Waals surface area contributed by atoms with Crippen molar-refractivity contribution in [1.82, 2.24) is 0 Å². The van der Waals surface area contributed by atoms with Gasteiger partial charge >= 0.3 is 0 Å². The standard InChI is InChI=1S/C10H13ClFN.ClH/c1-2-9(13)6-7-5-8(11)3-4-10(7)12;/h3-5,9H,2,6,13H2,1H3;1H. The Kier molecular flexibility index (Phi) is 6.09. The maximum Gasteiger partial charge on any atom is 0.126 e. The molecule has 0 saturated carbocycles. The van der Waals surface area contributed by atoms with Gasteiger partial charge in [-0.2, -0.15) is 0 Å². The Labute approximate surface area is 94.9 Å². The Morgan fingerprint density at radius 3 is 2.71 bits per heavy atom. The normalized spacial score (nSPS) is 12.0. The lowest BCUT2D eigenvalue weighted by atomic mass is 10.0. The van der Waals surface area contributed by atoms with Crippen molar-refractivity contribution >= 4 is 24.0 Å². The molecule has 0 heterocycles. The molecule has 0 spiro atoms. The molecule has 2 N–H and O–H groups in total. The average Bonchev–Trinajstić information content (AvgIpc) is 2.11. The van der Waals surface area contributed by atoms with E-state index in [1.54, 1.807) is 6.07 Å². The number of rotatable bonds is 3. The van der Waals surface area contributed by atoms with Crippen LogP contribution in [0.4, 0.5) is 4.39 Å². The van der Waals surface area contributed by atoms with Crippen molar-refractivity contribution in [3.63, 3.8) is 0 Å². The Morgan fingerprint density at radius 2 is 2.14 bits per heavy atom. The second-order valence-electron chi connectivity index (χ2n) is 3.11. The second-order valence-corrected chi connectivity index (χ2v) is 3.54. The molecular weight excluding hydrogens is 224 g/mol. The number of hydrogen-bond acceptors (Lipinski definition) is 1. The van der Waals surface area contributed by atoms with E-state index in [2.05, 4.69) is 0 Å². The highest BCUT2D eigenvalue weighted by Gasteiger charge is 2.06. The fourth-order valence-electron chi connectivity index (χ4n) is 1.13. The van der Waals surface area contributed by atoms with E-state index in [9.17, 15) is 4.39 Å². The van der Waals surface area contributed by atoms with Gasteiger partial charge in [-0.05, 0) is 36.6 Å². The molecule has 0 bridgehead atoms. The monoisotopic (exact) mass is 237 g/mol. The summed E-state index contributed by atoms with van der Waals surface area (Å²) in [6.45, 7) is 1.98. The molecule has 1 aromatic rings. The zero-order chi connectivity index (χ0) is 9.84. The molecule has 80 valence electrons. The van der Waals surface area contributed by atoms with Gasteiger partial charge in [-0.25, -0.2) is 4.39 Å². The zero-order valence-corrected chi connectivity index (χ0v) is 9.54. The number of benzene rings is 1. The van der Waals surface area contributed by atoms with Crippen LogP contribution < -0.4 is 5.73 Å². The van der Waals surface area contributed by atoms with Gasteiger partial charge in [0.25, 0.3) is 0 Å². The Bertz CT molecular complexity index is 291. The largest absolute Gasteiger partial charge is 0.327 e. The van der Waals surface area contributed by atoms with Gasteiger partial charge in [0.1, 0.15) is 5.82 Å². The number of hydrogen-bond donors (Lipinski definition) is 1. The fraction of sp³-hybridized carbons (Fsp3) is 0.400. The maximum atomic E-state index is 13.2. The summed E-state index contributed by atoms with van der Waals surface area (Å²) in [5.74, 6) is -0.228. The minimum atomic E-state index is -0.228. The summed E-state index contributed by atoms with van der Waals surface area (Å²) < 4.78 is 13.2. The minimum absolute atomic E-state index is 0. The molecular formula is C10H14Cl2FN. The summed E-state index contributed by atoms with van der Waals surface area (Å²) in [5.41, 5.74) is 6.31. The predicted octanol–water partition coefficient (Wildman–Crippen LogP) is 3.18. The molecule has 0 saturated heterocycles. The molecule has 0 aliphatic rings. The first kappa shape index (κ1) is 13.7. The molecule has 1 unspecified atom stereocenters. The highest BCUT2D eigenvalue weighted by Crippen LogP contribution is 2.16. The van der Waals surface area contributed by atoms with Crippen LogP contribution in [0.2, 0.25) is 5.02 Å². The van der Waals surface area contributed by atoms with Crippen molar-refractivity contribution in [2.24, 2.45) is 5.73 Å². The van der Waals surface area contributed by atoms with Crippen LogP contribution in [0.15, 0.2) is 18.2 Å². The first-order valence-corrected chi connectivity index (χ1v) is 4.70. The Hall–Kier alpha value is -0.310. The highest BCUT2D eigenvalue weighted by atomic mass is 35.5. The summed E-state index contributed by atoms with van der Waals surface area (Å²) in [6.07, 6.45) is 1.38. The molecule has 14 heavy (non-hydrogen) atoms. The summed E-state index contributed by atoms with van der Waals surface area (Å²) >= 11 is 5.74. The first-order chi connectivity index (χ1) is 6.13. The quantitative estimate of drug-likeness (QED) is 0.859. The molecule has 0 amide bonds. The Balaban J connectivity index is 0.00000169. The molecule has 0 radical (unpaired) electrons. The van der Waals surface area contributed by atoms with Crippen LogP contribution >= 0.6 is 24.0 Å². The lowest BCUT2D eigenvalue weighted by molar-refractivity contribution is 0.579. The fourth-order valence-corrected chi connectivity index (χ4v) is 1.32. The number of nitrogens with two attached hydrogens (primary N) is 1. The zero-order valence-electron chi connectivity index (χ0n) is 7.97. The van der Waals surface area contributed by atoms with E-state index in [-0.39, 0.29) is 24.3 Å². The van der Waals surface area contributed by atoms with Crippen LogP contribution in [0.25, 0.3) is 0 Å². The van der Waals surface area contributed by atoms with E-state index in [0.717, 1.165) is 6.42 Å². The second kappa shape index (κ2) is 6.23. The maximum absolute atomic E-state index is 13.2. The Morgan fingerprint density at radius 1 is 1.50 bits per heavy atom. The van der Waals surface area contributed by atoms with Crippen LogP contribution in [0.3, 0.4) is 0 Å². The van der Waals surface area contributed by atoms with Crippen LogP contribution in [0.5, 0.6) is 0 Å². The molecule has 4 heteroatoms. The van der Waals surface area contributed by atoms with Crippen LogP contribution in [-0.2, 0) is 6.42 Å². The van der Waals surface area contributed by atoms with Crippen molar-refractivity contribution in [2.75, 3.05) is 0 Å². The third kappa shape index (κ3) is 3.82. The van der Waals surface area contributed by atoms with E-state index in [1.807, 2.05) is 6.92 Å². The van der Waals surface area contributed by atoms with Crippen LogP contribution in [0.1, 0.15) is 18.9 Å². The van der Waals surface area contributed by atoms with Gasteiger partial charge in [0.2, 0.25) is 0 Å². The lowest BCUT2D eigenvalue weighted by Crippen LogP contribution is -2.21. The molecule has 1 aromatic carbocycles. The molecule has 1 rings (SSSR count). The van der Waals surface area contributed by atoms with Gasteiger partial charge in [-0.3, -0.25) is 0 Å². The third-order valence-corrected chi connectivity index (χ3v) is 2.25. The summed E-state index contributed by atoms with van der Waals surface area (Å²) in [4.78, 5) is 0. The summed E-state index contributed by atoms with van der Waals surface area (Å²) in [5, 5.41) is 0.555. The lowest BCUT2D eigenvalue weighted by Gasteiger charge is -2.09. The van der Waals surface area contributed by atoms with E-state index in [0.29, 0.717) is 17.0 Å². The smallest absolute Gasteiger partial charge is 0.126 e. The third-order valence-electron chi connectivity index (χ3n) is 2.01. The van der Waals surface area contributed by atoms with Crippen molar-refractivity contribution in [3.05, 3.63) is 34.6 Å². The number of halogens is 3. The average molecular weight is 238 g/mol. The predicted molar refractivity (Wildman–Crippen MR) is 60.6 cm³/mol. The molecule has 1 nitrogen and oxygen atoms in total. The van der Waals surface area contributed by atoms with E-state index in [4.69, 9.17) is 17.3 Å². The SMILES string of the molecule is CCC(N)Cc1cc(Cl)ccc1F.Cl. The molecule has 0 fully saturated rings. The van der Waals surface area contributed by atoms with Gasteiger partial charge in [0, 0.05) is 11.1 Å². The minimum Gasteiger partial charge on any atom is -0.327 e. The van der Waals surface area contributed by atoms with Gasteiger partial charge in [0.05, 0.1) is 0 Å². The van der Waals surface area contributed by atoms with Crippen LogP contribution in [-0.4, -0.2) is 6.04 Å². The molecule has 1 atom stereocenters. The summed E-state index contributed by atoms with van der Waals surface area (Å²) in [6, 6.07) is 4.55. The molecule has 0 aliphatic carbocycles. The molecule has 0 aliphatic heterocycles. The van der Waals surface area contributed by atoms with Gasteiger partial charge in [0.15, 0.2) is 0 Å². The van der Waals surface area contributed by atoms with E-state index < -0.39 is 0 Å². The highest BCUT2D eigenvalue weighted by molar-refractivity contribution is 6.30. The van der Waals surface area contributed by atoms with Gasteiger partial charge in [-0.15, -0.1) is 12.4 Å². The topological polar surface area (TPSA) is 26.0 Å². The van der Waals surface area contributed by atoms with Crippen molar-refractivity contribution in [3.8, 4) is 0 Å². The molecule has 0 aromatic heterocycles. The summed E-state index contributed by atoms with van der Waals surface area (Å²) in [7, 11) is 0. The van der Waals surface area contributed by atoms with Crippen molar-refractivity contribution < 1.29 is 4.39 Å². The van der Waals surface area contributed by atoms with E-state index in [1.165, 1.54) is 12.1 Å². The van der Waals surface area contributed by atoms with Crippen molar-refractivity contribution in [1.29, 1.82) is 0 Å². The van der Waals surface area contributed by atoms with Gasteiger partial charge < -0.3 is 5.73 Å². The first-order valence-electron chi connectivity index (χ1n) is 4.33. The van der Waals surface area contributed by atoms with Gasteiger partial charge in [-0.1, -0.05) is 18.5 Å². The van der Waals surface area contributed by atoms with Crippen LogP contribution in [0, 0.1) is 5.82 Å². The van der Waals surface area contributed by atoms with Crippen molar-refractivity contribution in [2.45, 2.75) is 25.8 Å². The van der Waals surface area contributed by atoms with E-state index >= 15 is 0 Å².